The predicted molar refractivity (Wildman–Crippen MR) is 73.3 cm³/mol. The minimum atomic E-state index is -0.775. The number of nitrogens with one attached hydrogen (secondary N) is 1. The molecule has 1 saturated carbocycles. The SMILES string of the molecule is O=C(O)CCNCc1ccccc1OC1CCCC1. The number of rotatable bonds is 7. The van der Waals surface area contributed by atoms with E-state index < -0.39 is 5.97 Å². The van der Waals surface area contributed by atoms with Crippen LogP contribution >= 0.6 is 0 Å². The first-order chi connectivity index (χ1) is 9.25. The molecule has 0 saturated heterocycles. The average Bonchev–Trinajstić information content (AvgIpc) is 2.89. The van der Waals surface area contributed by atoms with Crippen LogP contribution in [0.3, 0.4) is 0 Å². The molecule has 4 nitrogen and oxygen atoms in total. The van der Waals surface area contributed by atoms with Crippen molar-refractivity contribution >= 4 is 5.97 Å². The quantitative estimate of drug-likeness (QED) is 0.742. The molecule has 1 aliphatic rings. The van der Waals surface area contributed by atoms with Crippen LogP contribution in [0.5, 0.6) is 5.75 Å². The molecule has 2 N–H and O–H groups in total. The summed E-state index contributed by atoms with van der Waals surface area (Å²) in [7, 11) is 0. The molecule has 0 spiro atoms. The number of para-hydroxylation sites is 1. The fourth-order valence-corrected chi connectivity index (χ4v) is 2.37. The Balaban J connectivity index is 1.86. The molecule has 1 aromatic rings. The van der Waals surface area contributed by atoms with Gasteiger partial charge >= 0.3 is 5.97 Å². The Hall–Kier alpha value is -1.55. The third-order valence-corrected chi connectivity index (χ3v) is 3.40. The number of hydrogen-bond donors (Lipinski definition) is 2. The zero-order valence-corrected chi connectivity index (χ0v) is 11.1. The van der Waals surface area contributed by atoms with Crippen LogP contribution in [0.15, 0.2) is 24.3 Å². The Labute approximate surface area is 113 Å². The highest BCUT2D eigenvalue weighted by molar-refractivity contribution is 5.66. The van der Waals surface area contributed by atoms with Gasteiger partial charge in [-0.2, -0.15) is 0 Å². The van der Waals surface area contributed by atoms with Crippen molar-refractivity contribution in [3.8, 4) is 5.75 Å². The molecule has 0 amide bonds. The van der Waals surface area contributed by atoms with Gasteiger partial charge in [-0.15, -0.1) is 0 Å². The van der Waals surface area contributed by atoms with Gasteiger partial charge in [-0.1, -0.05) is 18.2 Å². The molecule has 0 atom stereocenters. The third-order valence-electron chi connectivity index (χ3n) is 3.40. The lowest BCUT2D eigenvalue weighted by molar-refractivity contribution is -0.136. The second kappa shape index (κ2) is 7.14. The maximum absolute atomic E-state index is 10.4. The Bertz CT molecular complexity index is 414. The van der Waals surface area contributed by atoms with E-state index in [9.17, 15) is 4.79 Å². The smallest absolute Gasteiger partial charge is 0.304 e. The Morgan fingerprint density at radius 2 is 2.05 bits per heavy atom. The molecule has 0 aromatic heterocycles. The molecule has 1 aromatic carbocycles. The maximum atomic E-state index is 10.4. The molecule has 19 heavy (non-hydrogen) atoms. The number of carboxylic acid groups (broad SMARTS) is 1. The van der Waals surface area contributed by atoms with E-state index in [4.69, 9.17) is 9.84 Å². The first kappa shape index (κ1) is 13.9. The summed E-state index contributed by atoms with van der Waals surface area (Å²) in [6, 6.07) is 7.98. The molecule has 0 heterocycles. The molecule has 0 bridgehead atoms. The minimum absolute atomic E-state index is 0.144. The molecule has 1 aliphatic carbocycles. The van der Waals surface area contributed by atoms with Gasteiger partial charge in [0.1, 0.15) is 5.75 Å². The summed E-state index contributed by atoms with van der Waals surface area (Å²) in [4.78, 5) is 10.4. The van der Waals surface area contributed by atoms with Crippen LogP contribution in [0.1, 0.15) is 37.7 Å². The van der Waals surface area contributed by atoms with Crippen molar-refractivity contribution in [1.29, 1.82) is 0 Å². The van der Waals surface area contributed by atoms with Gasteiger partial charge in [-0.25, -0.2) is 0 Å². The molecule has 4 heteroatoms. The van der Waals surface area contributed by atoms with Gasteiger partial charge < -0.3 is 15.2 Å². The van der Waals surface area contributed by atoms with Gasteiger partial charge in [0.05, 0.1) is 12.5 Å². The summed E-state index contributed by atoms with van der Waals surface area (Å²) in [5.74, 6) is 0.153. The number of ether oxygens (including phenoxy) is 1. The molecular formula is C15H21NO3. The van der Waals surface area contributed by atoms with Crippen molar-refractivity contribution in [2.75, 3.05) is 6.54 Å². The van der Waals surface area contributed by atoms with E-state index in [0.29, 0.717) is 19.2 Å². The molecule has 0 radical (unpaired) electrons. The van der Waals surface area contributed by atoms with Gasteiger partial charge in [0.15, 0.2) is 0 Å². The van der Waals surface area contributed by atoms with Gasteiger partial charge in [0, 0.05) is 18.7 Å². The third kappa shape index (κ3) is 4.56. The van der Waals surface area contributed by atoms with Crippen LogP contribution in [-0.2, 0) is 11.3 Å². The van der Waals surface area contributed by atoms with E-state index in [2.05, 4.69) is 5.32 Å². The standard InChI is InChI=1S/C15H21NO3/c17-15(18)9-10-16-11-12-5-1-4-8-14(12)19-13-6-2-3-7-13/h1,4-5,8,13,16H,2-3,6-7,9-11H2,(H,17,18). The zero-order valence-electron chi connectivity index (χ0n) is 11.1. The van der Waals surface area contributed by atoms with Crippen molar-refractivity contribution in [2.45, 2.75) is 44.8 Å². The second-order valence-electron chi connectivity index (χ2n) is 4.95. The summed E-state index contributed by atoms with van der Waals surface area (Å²) >= 11 is 0. The first-order valence-electron chi connectivity index (χ1n) is 6.93. The van der Waals surface area contributed by atoms with E-state index in [0.717, 1.165) is 24.2 Å². The highest BCUT2D eigenvalue weighted by Crippen LogP contribution is 2.26. The van der Waals surface area contributed by atoms with E-state index in [1.54, 1.807) is 0 Å². The number of carboxylic acids is 1. The van der Waals surface area contributed by atoms with Crippen LogP contribution in [0.4, 0.5) is 0 Å². The summed E-state index contributed by atoms with van der Waals surface area (Å²) in [5.41, 5.74) is 1.10. The molecular weight excluding hydrogens is 242 g/mol. The first-order valence-corrected chi connectivity index (χ1v) is 6.93. The normalized spacial score (nSPS) is 15.6. The van der Waals surface area contributed by atoms with Gasteiger partial charge in [0.2, 0.25) is 0 Å². The van der Waals surface area contributed by atoms with Crippen molar-refractivity contribution < 1.29 is 14.6 Å². The van der Waals surface area contributed by atoms with E-state index in [1.165, 1.54) is 12.8 Å². The Kier molecular flexibility index (Phi) is 5.21. The highest BCUT2D eigenvalue weighted by Gasteiger charge is 2.17. The van der Waals surface area contributed by atoms with Crippen LogP contribution in [0.25, 0.3) is 0 Å². The van der Waals surface area contributed by atoms with Crippen LogP contribution < -0.4 is 10.1 Å². The van der Waals surface area contributed by atoms with Gasteiger partial charge in [0.25, 0.3) is 0 Å². The largest absolute Gasteiger partial charge is 0.490 e. The molecule has 2 rings (SSSR count). The lowest BCUT2D eigenvalue weighted by Crippen LogP contribution is -2.19. The van der Waals surface area contributed by atoms with Crippen molar-refractivity contribution in [3.63, 3.8) is 0 Å². The molecule has 104 valence electrons. The van der Waals surface area contributed by atoms with Crippen LogP contribution in [0.2, 0.25) is 0 Å². The van der Waals surface area contributed by atoms with E-state index in [1.807, 2.05) is 24.3 Å². The van der Waals surface area contributed by atoms with Gasteiger partial charge in [-0.3, -0.25) is 4.79 Å². The van der Waals surface area contributed by atoms with E-state index >= 15 is 0 Å². The van der Waals surface area contributed by atoms with Gasteiger partial charge in [-0.05, 0) is 31.7 Å². The fraction of sp³-hybridized carbons (Fsp3) is 0.533. The monoisotopic (exact) mass is 263 g/mol. The summed E-state index contributed by atoms with van der Waals surface area (Å²) in [6.45, 7) is 1.13. The molecule has 0 unspecified atom stereocenters. The number of hydrogen-bond acceptors (Lipinski definition) is 3. The number of aliphatic carboxylic acids is 1. The highest BCUT2D eigenvalue weighted by atomic mass is 16.5. The average molecular weight is 263 g/mol. The predicted octanol–water partition coefficient (Wildman–Crippen LogP) is 2.57. The molecule has 1 fully saturated rings. The van der Waals surface area contributed by atoms with Crippen LogP contribution in [0, 0.1) is 0 Å². The minimum Gasteiger partial charge on any atom is -0.490 e. The lowest BCUT2D eigenvalue weighted by atomic mass is 10.2. The maximum Gasteiger partial charge on any atom is 0.304 e. The number of carbonyl (C=O) groups is 1. The Morgan fingerprint density at radius 1 is 1.32 bits per heavy atom. The Morgan fingerprint density at radius 3 is 2.79 bits per heavy atom. The summed E-state index contributed by atoms with van der Waals surface area (Å²) in [5, 5.41) is 11.7. The summed E-state index contributed by atoms with van der Waals surface area (Å²) in [6.07, 6.45) is 5.28. The van der Waals surface area contributed by atoms with E-state index in [-0.39, 0.29) is 6.42 Å². The zero-order chi connectivity index (χ0) is 13.5. The lowest BCUT2D eigenvalue weighted by Gasteiger charge is -2.16. The van der Waals surface area contributed by atoms with Crippen molar-refractivity contribution in [3.05, 3.63) is 29.8 Å². The van der Waals surface area contributed by atoms with Crippen molar-refractivity contribution in [1.82, 2.24) is 5.32 Å². The van der Waals surface area contributed by atoms with Crippen LogP contribution in [-0.4, -0.2) is 23.7 Å². The summed E-state index contributed by atoms with van der Waals surface area (Å²) < 4.78 is 6.03. The second-order valence-corrected chi connectivity index (χ2v) is 4.95. The number of benzene rings is 1. The fourth-order valence-electron chi connectivity index (χ4n) is 2.37. The topological polar surface area (TPSA) is 58.6 Å². The van der Waals surface area contributed by atoms with Crippen molar-refractivity contribution in [2.24, 2.45) is 0 Å². The molecule has 0 aliphatic heterocycles.